The van der Waals surface area contributed by atoms with E-state index in [1.54, 1.807) is 0 Å². The van der Waals surface area contributed by atoms with Crippen LogP contribution in [0.3, 0.4) is 0 Å². The van der Waals surface area contributed by atoms with E-state index in [9.17, 15) is 13.2 Å². The van der Waals surface area contributed by atoms with Crippen molar-refractivity contribution in [2.24, 2.45) is 5.92 Å². The second kappa shape index (κ2) is 2.70. The molecule has 5 heteroatoms. The van der Waals surface area contributed by atoms with Gasteiger partial charge in [-0.15, -0.1) is 0 Å². The maximum atomic E-state index is 11.4. The highest BCUT2D eigenvalue weighted by Gasteiger charge is 2.47. The van der Waals surface area contributed by atoms with E-state index in [0.717, 1.165) is 19.1 Å². The molecule has 0 aliphatic heterocycles. The van der Waals surface area contributed by atoms with Crippen molar-refractivity contribution in [2.75, 3.05) is 6.26 Å². The Bertz CT molecular complexity index is 301. The van der Waals surface area contributed by atoms with Gasteiger partial charge in [0.2, 0.25) is 0 Å². The van der Waals surface area contributed by atoms with Gasteiger partial charge in [0, 0.05) is 12.2 Å². The molecule has 0 aromatic carbocycles. The summed E-state index contributed by atoms with van der Waals surface area (Å²) in [4.78, 5) is 11.4. The number of ketones is 1. The molecule has 0 spiro atoms. The molecule has 0 aromatic rings. The zero-order chi connectivity index (χ0) is 9.57. The quantitative estimate of drug-likeness (QED) is 0.653. The predicted molar refractivity (Wildman–Crippen MR) is 46.8 cm³/mol. The molecule has 1 rings (SSSR count). The number of hydrogen-bond donors (Lipinski definition) is 0. The number of halogens is 1. The lowest BCUT2D eigenvalue weighted by Gasteiger charge is -2.17. The SMILES string of the molecule is C[C@@](Cl)(C(=O)C1CC1)S(C)(=O)=O. The van der Waals surface area contributed by atoms with Crippen molar-refractivity contribution in [1.82, 2.24) is 0 Å². The van der Waals surface area contributed by atoms with E-state index in [4.69, 9.17) is 11.6 Å². The van der Waals surface area contributed by atoms with Gasteiger partial charge in [-0.05, 0) is 19.8 Å². The molecule has 0 amide bonds. The van der Waals surface area contributed by atoms with Gasteiger partial charge >= 0.3 is 0 Å². The third-order valence-corrected chi connectivity index (χ3v) is 4.71. The lowest BCUT2D eigenvalue weighted by atomic mass is 10.2. The Kier molecular flexibility index (Phi) is 2.25. The molecule has 1 atom stereocenters. The maximum Gasteiger partial charge on any atom is 0.200 e. The number of carbonyl (C=O) groups is 1. The van der Waals surface area contributed by atoms with Crippen molar-refractivity contribution in [3.05, 3.63) is 0 Å². The lowest BCUT2D eigenvalue weighted by molar-refractivity contribution is -0.120. The van der Waals surface area contributed by atoms with E-state index in [1.807, 2.05) is 0 Å². The van der Waals surface area contributed by atoms with Crippen LogP contribution in [-0.2, 0) is 14.6 Å². The minimum absolute atomic E-state index is 0.123. The average Bonchev–Trinajstić information content (AvgIpc) is 2.64. The van der Waals surface area contributed by atoms with Gasteiger partial charge in [-0.1, -0.05) is 11.6 Å². The molecule has 0 bridgehead atoms. The van der Waals surface area contributed by atoms with Crippen LogP contribution in [0.2, 0.25) is 0 Å². The number of rotatable bonds is 3. The Labute approximate surface area is 77.0 Å². The summed E-state index contributed by atoms with van der Waals surface area (Å²) in [5.74, 6) is -0.478. The standard InChI is InChI=1S/C7H11ClO3S/c1-7(8,12(2,10)11)6(9)5-3-4-5/h5H,3-4H2,1-2H3/t7-/m0/s1. The number of alkyl halides is 1. The molecule has 0 N–H and O–H groups in total. The van der Waals surface area contributed by atoms with Crippen molar-refractivity contribution < 1.29 is 13.2 Å². The summed E-state index contributed by atoms with van der Waals surface area (Å²) in [5, 5.41) is 0. The molecule has 0 unspecified atom stereocenters. The van der Waals surface area contributed by atoms with Crippen LogP contribution in [0.1, 0.15) is 19.8 Å². The average molecular weight is 211 g/mol. The molecule has 1 aliphatic rings. The monoisotopic (exact) mass is 210 g/mol. The predicted octanol–water partition coefficient (Wildman–Crippen LogP) is 0.965. The molecule has 12 heavy (non-hydrogen) atoms. The van der Waals surface area contributed by atoms with Gasteiger partial charge < -0.3 is 0 Å². The van der Waals surface area contributed by atoms with Gasteiger partial charge in [0.1, 0.15) is 0 Å². The molecule has 1 fully saturated rings. The van der Waals surface area contributed by atoms with Crippen LogP contribution in [0.4, 0.5) is 0 Å². The lowest BCUT2D eigenvalue weighted by Crippen LogP contribution is -2.38. The summed E-state index contributed by atoms with van der Waals surface area (Å²) >= 11 is 5.66. The first-order chi connectivity index (χ1) is 5.27. The smallest absolute Gasteiger partial charge is 0.200 e. The highest BCUT2D eigenvalue weighted by molar-refractivity contribution is 7.94. The molecule has 1 saturated carbocycles. The summed E-state index contributed by atoms with van der Waals surface area (Å²) in [5.41, 5.74) is 0. The Morgan fingerprint density at radius 2 is 1.92 bits per heavy atom. The molecular weight excluding hydrogens is 200 g/mol. The fraction of sp³-hybridized carbons (Fsp3) is 0.857. The number of carbonyl (C=O) groups excluding carboxylic acids is 1. The number of hydrogen-bond acceptors (Lipinski definition) is 3. The largest absolute Gasteiger partial charge is 0.296 e. The summed E-state index contributed by atoms with van der Waals surface area (Å²) in [6.07, 6.45) is 2.54. The zero-order valence-electron chi connectivity index (χ0n) is 7.00. The van der Waals surface area contributed by atoms with Crippen molar-refractivity contribution in [3.63, 3.8) is 0 Å². The first-order valence-corrected chi connectivity index (χ1v) is 5.96. The van der Waals surface area contributed by atoms with Gasteiger partial charge in [0.15, 0.2) is 19.8 Å². The minimum atomic E-state index is -3.49. The van der Waals surface area contributed by atoms with Gasteiger partial charge in [-0.2, -0.15) is 0 Å². The fourth-order valence-electron chi connectivity index (χ4n) is 0.893. The highest BCUT2D eigenvalue weighted by atomic mass is 35.5. The molecule has 1 aliphatic carbocycles. The summed E-state index contributed by atoms with van der Waals surface area (Å²) in [7, 11) is -3.49. The Hall–Kier alpha value is -0.0900. The first kappa shape index (κ1) is 9.99. The van der Waals surface area contributed by atoms with Crippen molar-refractivity contribution >= 4 is 27.2 Å². The normalized spacial score (nSPS) is 23.2. The van der Waals surface area contributed by atoms with Crippen LogP contribution >= 0.6 is 11.6 Å². The second-order valence-corrected chi connectivity index (χ2v) is 6.67. The number of sulfone groups is 1. The van der Waals surface area contributed by atoms with Crippen molar-refractivity contribution in [3.8, 4) is 0 Å². The van der Waals surface area contributed by atoms with E-state index < -0.39 is 14.0 Å². The fourth-order valence-corrected chi connectivity index (χ4v) is 1.58. The van der Waals surface area contributed by atoms with Crippen LogP contribution < -0.4 is 0 Å². The Balaban J connectivity index is 2.91. The van der Waals surface area contributed by atoms with Crippen LogP contribution in [0, 0.1) is 5.92 Å². The van der Waals surface area contributed by atoms with E-state index >= 15 is 0 Å². The summed E-state index contributed by atoms with van der Waals surface area (Å²) in [6.45, 7) is 1.25. The van der Waals surface area contributed by atoms with E-state index in [0.29, 0.717) is 0 Å². The third-order valence-electron chi connectivity index (χ3n) is 2.08. The molecule has 0 saturated heterocycles. The molecular formula is C7H11ClO3S. The van der Waals surface area contributed by atoms with E-state index in [-0.39, 0.29) is 11.7 Å². The van der Waals surface area contributed by atoms with Gasteiger partial charge in [0.05, 0.1) is 0 Å². The van der Waals surface area contributed by atoms with Crippen LogP contribution in [-0.4, -0.2) is 24.7 Å². The summed E-state index contributed by atoms with van der Waals surface area (Å²) in [6, 6.07) is 0. The molecule has 0 heterocycles. The Morgan fingerprint density at radius 3 is 2.17 bits per heavy atom. The molecule has 0 aromatic heterocycles. The summed E-state index contributed by atoms with van der Waals surface area (Å²) < 4.78 is 20.4. The molecule has 70 valence electrons. The van der Waals surface area contributed by atoms with E-state index in [1.165, 1.54) is 6.92 Å². The highest BCUT2D eigenvalue weighted by Crippen LogP contribution is 2.38. The van der Waals surface area contributed by atoms with Crippen molar-refractivity contribution in [2.45, 2.75) is 24.0 Å². The maximum absolute atomic E-state index is 11.4. The van der Waals surface area contributed by atoms with Crippen LogP contribution in [0.25, 0.3) is 0 Å². The van der Waals surface area contributed by atoms with E-state index in [2.05, 4.69) is 0 Å². The molecule has 0 radical (unpaired) electrons. The zero-order valence-corrected chi connectivity index (χ0v) is 8.57. The number of Topliss-reactive ketones (excluding diaryl/α,β-unsaturated/α-hetero) is 1. The van der Waals surface area contributed by atoms with Crippen LogP contribution in [0.15, 0.2) is 0 Å². The minimum Gasteiger partial charge on any atom is -0.296 e. The second-order valence-electron chi connectivity index (χ2n) is 3.33. The third kappa shape index (κ3) is 1.64. The molecule has 3 nitrogen and oxygen atoms in total. The van der Waals surface area contributed by atoms with Gasteiger partial charge in [-0.25, -0.2) is 8.42 Å². The first-order valence-electron chi connectivity index (χ1n) is 3.69. The van der Waals surface area contributed by atoms with Gasteiger partial charge in [0.25, 0.3) is 0 Å². The van der Waals surface area contributed by atoms with Crippen LogP contribution in [0.5, 0.6) is 0 Å². The van der Waals surface area contributed by atoms with Gasteiger partial charge in [-0.3, -0.25) is 4.79 Å². The Morgan fingerprint density at radius 1 is 1.50 bits per heavy atom. The van der Waals surface area contributed by atoms with Crippen molar-refractivity contribution in [1.29, 1.82) is 0 Å². The topological polar surface area (TPSA) is 51.2 Å².